The van der Waals surface area contributed by atoms with Gasteiger partial charge in [-0.2, -0.15) is 0 Å². The minimum Gasteiger partial charge on any atom is -0.424 e. The SMILES string of the molecule is CC/C=N\C(=NC)Oc1cc(C)ccc1C. The van der Waals surface area contributed by atoms with E-state index in [4.69, 9.17) is 4.74 Å². The number of ether oxygens (including phenoxy) is 1. The average molecular weight is 218 g/mol. The van der Waals surface area contributed by atoms with Gasteiger partial charge in [-0.1, -0.05) is 19.1 Å². The predicted molar refractivity (Wildman–Crippen MR) is 68.7 cm³/mol. The van der Waals surface area contributed by atoms with E-state index in [0.29, 0.717) is 6.02 Å². The van der Waals surface area contributed by atoms with Gasteiger partial charge >= 0.3 is 6.02 Å². The molecule has 0 atom stereocenters. The highest BCUT2D eigenvalue weighted by atomic mass is 16.5. The van der Waals surface area contributed by atoms with Crippen LogP contribution in [0.15, 0.2) is 28.2 Å². The first-order valence-corrected chi connectivity index (χ1v) is 5.41. The monoisotopic (exact) mass is 218 g/mol. The standard InChI is InChI=1S/C13H18N2O/c1-5-8-15-13(14-4)16-12-9-10(2)6-7-11(12)3/h6-9H,5H2,1-4H3/b14-13?,15-8-. The van der Waals surface area contributed by atoms with Gasteiger partial charge in [0, 0.05) is 13.3 Å². The van der Waals surface area contributed by atoms with Crippen molar-refractivity contribution in [2.45, 2.75) is 27.2 Å². The topological polar surface area (TPSA) is 34.0 Å². The molecule has 1 aromatic rings. The van der Waals surface area contributed by atoms with Crippen LogP contribution in [0.1, 0.15) is 24.5 Å². The van der Waals surface area contributed by atoms with Crippen molar-refractivity contribution in [3.8, 4) is 5.75 Å². The number of rotatable bonds is 2. The van der Waals surface area contributed by atoms with Gasteiger partial charge in [0.1, 0.15) is 5.75 Å². The van der Waals surface area contributed by atoms with Crippen LogP contribution in [-0.4, -0.2) is 19.3 Å². The molecule has 0 saturated carbocycles. The Hall–Kier alpha value is -1.64. The Morgan fingerprint density at radius 2 is 2.12 bits per heavy atom. The molecule has 0 heterocycles. The van der Waals surface area contributed by atoms with Crippen LogP contribution in [0, 0.1) is 13.8 Å². The van der Waals surface area contributed by atoms with E-state index in [2.05, 4.69) is 16.1 Å². The zero-order chi connectivity index (χ0) is 12.0. The maximum absolute atomic E-state index is 5.63. The number of benzene rings is 1. The van der Waals surface area contributed by atoms with E-state index in [9.17, 15) is 0 Å². The molecular formula is C13H18N2O. The molecule has 0 spiro atoms. The summed E-state index contributed by atoms with van der Waals surface area (Å²) in [5.74, 6) is 0.814. The molecule has 1 rings (SSSR count). The second-order valence-corrected chi connectivity index (χ2v) is 3.60. The fraction of sp³-hybridized carbons (Fsp3) is 0.385. The Labute approximate surface area is 96.9 Å². The number of amidine groups is 1. The second kappa shape index (κ2) is 6.05. The fourth-order valence-corrected chi connectivity index (χ4v) is 1.21. The van der Waals surface area contributed by atoms with Crippen molar-refractivity contribution >= 4 is 12.2 Å². The molecule has 0 fully saturated rings. The summed E-state index contributed by atoms with van der Waals surface area (Å²) in [6, 6.07) is 6.47. The molecule has 0 aliphatic carbocycles. The minimum atomic E-state index is 0.399. The van der Waals surface area contributed by atoms with Crippen molar-refractivity contribution in [2.75, 3.05) is 7.05 Å². The summed E-state index contributed by atoms with van der Waals surface area (Å²) in [7, 11) is 1.67. The molecule has 0 bridgehead atoms. The van der Waals surface area contributed by atoms with Gasteiger partial charge in [0.05, 0.1) is 0 Å². The summed E-state index contributed by atoms with van der Waals surface area (Å²) < 4.78 is 5.63. The highest BCUT2D eigenvalue weighted by molar-refractivity contribution is 5.84. The van der Waals surface area contributed by atoms with Gasteiger partial charge in [-0.05, 0) is 37.5 Å². The molecule has 1 aromatic carbocycles. The van der Waals surface area contributed by atoms with Gasteiger partial charge in [0.2, 0.25) is 0 Å². The number of nitrogens with zero attached hydrogens (tertiary/aromatic N) is 2. The lowest BCUT2D eigenvalue weighted by molar-refractivity contribution is 0.537. The van der Waals surface area contributed by atoms with Gasteiger partial charge in [0.25, 0.3) is 0 Å². The minimum absolute atomic E-state index is 0.399. The Morgan fingerprint density at radius 3 is 2.75 bits per heavy atom. The summed E-state index contributed by atoms with van der Waals surface area (Å²) in [6.45, 7) is 6.06. The molecule has 0 unspecified atom stereocenters. The molecule has 0 aliphatic rings. The van der Waals surface area contributed by atoms with Gasteiger partial charge in [-0.15, -0.1) is 0 Å². The van der Waals surface area contributed by atoms with Crippen LogP contribution in [0.5, 0.6) is 5.75 Å². The molecular weight excluding hydrogens is 200 g/mol. The van der Waals surface area contributed by atoms with E-state index < -0.39 is 0 Å². The predicted octanol–water partition coefficient (Wildman–Crippen LogP) is 3.15. The normalized spacial score (nSPS) is 12.1. The Balaban J connectivity index is 2.86. The zero-order valence-corrected chi connectivity index (χ0v) is 10.3. The molecule has 0 radical (unpaired) electrons. The first-order chi connectivity index (χ1) is 7.67. The van der Waals surface area contributed by atoms with Crippen LogP contribution in [0.2, 0.25) is 0 Å². The van der Waals surface area contributed by atoms with E-state index in [1.165, 1.54) is 0 Å². The van der Waals surface area contributed by atoms with E-state index >= 15 is 0 Å². The van der Waals surface area contributed by atoms with Crippen molar-refractivity contribution in [3.05, 3.63) is 29.3 Å². The molecule has 16 heavy (non-hydrogen) atoms. The van der Waals surface area contributed by atoms with Gasteiger partial charge in [0.15, 0.2) is 0 Å². The van der Waals surface area contributed by atoms with Crippen molar-refractivity contribution in [1.29, 1.82) is 0 Å². The van der Waals surface area contributed by atoms with Crippen molar-refractivity contribution in [3.63, 3.8) is 0 Å². The molecule has 0 aromatic heterocycles. The second-order valence-electron chi connectivity index (χ2n) is 3.60. The third kappa shape index (κ3) is 3.50. The smallest absolute Gasteiger partial charge is 0.316 e. The summed E-state index contributed by atoms with van der Waals surface area (Å²) >= 11 is 0. The fourth-order valence-electron chi connectivity index (χ4n) is 1.21. The summed E-state index contributed by atoms with van der Waals surface area (Å²) in [5.41, 5.74) is 2.24. The summed E-state index contributed by atoms with van der Waals surface area (Å²) in [6.07, 6.45) is 2.66. The van der Waals surface area contributed by atoms with Crippen LogP contribution >= 0.6 is 0 Å². The highest BCUT2D eigenvalue weighted by Crippen LogP contribution is 2.19. The van der Waals surface area contributed by atoms with Crippen molar-refractivity contribution < 1.29 is 4.74 Å². The van der Waals surface area contributed by atoms with Crippen LogP contribution in [0.4, 0.5) is 0 Å². The highest BCUT2D eigenvalue weighted by Gasteiger charge is 2.03. The van der Waals surface area contributed by atoms with E-state index in [1.807, 2.05) is 32.9 Å². The molecule has 0 amide bonds. The van der Waals surface area contributed by atoms with Crippen LogP contribution in [-0.2, 0) is 0 Å². The molecule has 3 nitrogen and oxygen atoms in total. The largest absolute Gasteiger partial charge is 0.424 e. The molecule has 0 saturated heterocycles. The van der Waals surface area contributed by atoms with Gasteiger partial charge < -0.3 is 4.74 Å². The first kappa shape index (κ1) is 12.4. The lowest BCUT2D eigenvalue weighted by Gasteiger charge is -2.07. The lowest BCUT2D eigenvalue weighted by Crippen LogP contribution is -2.06. The Kier molecular flexibility index (Phi) is 4.70. The van der Waals surface area contributed by atoms with E-state index in [0.717, 1.165) is 23.3 Å². The third-order valence-corrected chi connectivity index (χ3v) is 2.12. The van der Waals surface area contributed by atoms with E-state index in [1.54, 1.807) is 13.3 Å². The van der Waals surface area contributed by atoms with E-state index in [-0.39, 0.29) is 0 Å². The van der Waals surface area contributed by atoms with Gasteiger partial charge in [-0.25, -0.2) is 9.98 Å². The van der Waals surface area contributed by atoms with Crippen molar-refractivity contribution in [1.82, 2.24) is 0 Å². The maximum Gasteiger partial charge on any atom is 0.316 e. The quantitative estimate of drug-likeness (QED) is 0.554. The zero-order valence-electron chi connectivity index (χ0n) is 10.3. The molecule has 86 valence electrons. The van der Waals surface area contributed by atoms with Crippen molar-refractivity contribution in [2.24, 2.45) is 9.98 Å². The Morgan fingerprint density at radius 1 is 1.38 bits per heavy atom. The van der Waals surface area contributed by atoms with Crippen LogP contribution in [0.25, 0.3) is 0 Å². The van der Waals surface area contributed by atoms with Crippen LogP contribution in [0.3, 0.4) is 0 Å². The molecule has 3 heteroatoms. The van der Waals surface area contributed by atoms with Crippen LogP contribution < -0.4 is 4.74 Å². The number of hydrogen-bond acceptors (Lipinski definition) is 2. The number of hydrogen-bond donors (Lipinski definition) is 0. The third-order valence-electron chi connectivity index (χ3n) is 2.12. The number of aryl methyl sites for hydroxylation is 2. The number of aliphatic imine (C=N–C) groups is 2. The molecule has 0 N–H and O–H groups in total. The average Bonchev–Trinajstić information content (AvgIpc) is 2.28. The summed E-state index contributed by atoms with van der Waals surface area (Å²) in [4.78, 5) is 8.12. The lowest BCUT2D eigenvalue weighted by atomic mass is 10.1. The Bertz CT molecular complexity index is 408. The molecule has 0 aliphatic heterocycles. The maximum atomic E-state index is 5.63. The summed E-state index contributed by atoms with van der Waals surface area (Å²) in [5, 5.41) is 0. The first-order valence-electron chi connectivity index (χ1n) is 5.41. The van der Waals surface area contributed by atoms with Gasteiger partial charge in [-0.3, -0.25) is 0 Å².